The van der Waals surface area contributed by atoms with Crippen molar-refractivity contribution in [3.8, 4) is 5.75 Å². The third-order valence-corrected chi connectivity index (χ3v) is 2.58. The Kier molecular flexibility index (Phi) is 3.54. The zero-order valence-corrected chi connectivity index (χ0v) is 10.3. The van der Waals surface area contributed by atoms with E-state index in [1.807, 2.05) is 25.1 Å². The quantitative estimate of drug-likeness (QED) is 0.909. The number of nitrogen functional groups attached to an aromatic ring is 1. The van der Waals surface area contributed by atoms with Crippen LogP contribution < -0.4 is 10.5 Å². The molecule has 1 aromatic heterocycles. The van der Waals surface area contributed by atoms with Crippen LogP contribution in [0.5, 0.6) is 5.75 Å². The minimum Gasteiger partial charge on any atom is -0.487 e. The van der Waals surface area contributed by atoms with Gasteiger partial charge in [0.05, 0.1) is 0 Å². The van der Waals surface area contributed by atoms with E-state index in [9.17, 15) is 0 Å². The molecule has 0 amide bonds. The number of aryl methyl sites for hydroxylation is 1. The number of anilines is 1. The molecular weight excluding hydrogens is 238 g/mol. The summed E-state index contributed by atoms with van der Waals surface area (Å²) in [6, 6.07) is 9.08. The van der Waals surface area contributed by atoms with Gasteiger partial charge in [-0.1, -0.05) is 17.7 Å². The average molecular weight is 252 g/mol. The van der Waals surface area contributed by atoms with Crippen LogP contribution in [0.2, 0.25) is 5.02 Å². The van der Waals surface area contributed by atoms with Gasteiger partial charge in [0.25, 0.3) is 0 Å². The molecule has 0 aliphatic heterocycles. The van der Waals surface area contributed by atoms with Gasteiger partial charge in [-0.2, -0.15) is 5.10 Å². The Bertz CT molecular complexity index is 510. The van der Waals surface area contributed by atoms with E-state index < -0.39 is 0 Å². The first-order valence-electron chi connectivity index (χ1n) is 5.39. The number of ether oxygens (including phenoxy) is 1. The molecule has 0 aliphatic rings. The molecular formula is C12H14ClN3O. The van der Waals surface area contributed by atoms with Crippen LogP contribution >= 0.6 is 11.6 Å². The maximum atomic E-state index is 5.86. The van der Waals surface area contributed by atoms with Gasteiger partial charge in [0.2, 0.25) is 0 Å². The summed E-state index contributed by atoms with van der Waals surface area (Å²) in [6.45, 7) is 3.13. The van der Waals surface area contributed by atoms with Crippen LogP contribution in [0.25, 0.3) is 0 Å². The smallest absolute Gasteiger partial charge is 0.132 e. The molecule has 2 N–H and O–H groups in total. The summed E-state index contributed by atoms with van der Waals surface area (Å²) in [5.41, 5.74) is 6.58. The van der Waals surface area contributed by atoms with Crippen LogP contribution in [0.15, 0.2) is 30.3 Å². The summed E-state index contributed by atoms with van der Waals surface area (Å²) in [5.74, 6) is 1.37. The molecule has 0 atom stereocenters. The summed E-state index contributed by atoms with van der Waals surface area (Å²) in [4.78, 5) is 0. The predicted molar refractivity (Wildman–Crippen MR) is 68.1 cm³/mol. The number of aromatic nitrogens is 2. The maximum Gasteiger partial charge on any atom is 0.132 e. The molecule has 1 aromatic carbocycles. The van der Waals surface area contributed by atoms with Crippen molar-refractivity contribution in [1.29, 1.82) is 0 Å². The Balaban J connectivity index is 2.02. The number of benzene rings is 1. The molecule has 0 aliphatic carbocycles. The lowest BCUT2D eigenvalue weighted by molar-refractivity contribution is 0.299. The molecule has 2 rings (SSSR count). The van der Waals surface area contributed by atoms with Crippen molar-refractivity contribution >= 4 is 17.4 Å². The topological polar surface area (TPSA) is 53.1 Å². The lowest BCUT2D eigenvalue weighted by Crippen LogP contribution is -2.02. The van der Waals surface area contributed by atoms with E-state index >= 15 is 0 Å². The van der Waals surface area contributed by atoms with Gasteiger partial charge in [0.15, 0.2) is 0 Å². The molecule has 0 fully saturated rings. The minimum atomic E-state index is 0.386. The highest BCUT2D eigenvalue weighted by Crippen LogP contribution is 2.18. The van der Waals surface area contributed by atoms with Gasteiger partial charge in [-0.25, -0.2) is 0 Å². The number of hydrogen-bond donors (Lipinski definition) is 1. The normalized spacial score (nSPS) is 10.5. The SMILES string of the molecule is CCn1nc(COc2cccc(Cl)c2)cc1N. The van der Waals surface area contributed by atoms with Crippen LogP contribution in [-0.4, -0.2) is 9.78 Å². The Morgan fingerprint density at radius 3 is 2.88 bits per heavy atom. The summed E-state index contributed by atoms with van der Waals surface area (Å²) in [7, 11) is 0. The second kappa shape index (κ2) is 5.10. The highest BCUT2D eigenvalue weighted by atomic mass is 35.5. The second-order valence-electron chi connectivity index (χ2n) is 3.62. The van der Waals surface area contributed by atoms with Crippen LogP contribution in [0, 0.1) is 0 Å². The van der Waals surface area contributed by atoms with E-state index in [4.69, 9.17) is 22.1 Å². The molecule has 5 heteroatoms. The van der Waals surface area contributed by atoms with Gasteiger partial charge in [-0.05, 0) is 25.1 Å². The monoisotopic (exact) mass is 251 g/mol. The van der Waals surface area contributed by atoms with Gasteiger partial charge in [-0.3, -0.25) is 4.68 Å². The molecule has 0 bridgehead atoms. The van der Waals surface area contributed by atoms with Crippen molar-refractivity contribution in [2.75, 3.05) is 5.73 Å². The van der Waals surface area contributed by atoms with Gasteiger partial charge < -0.3 is 10.5 Å². The van der Waals surface area contributed by atoms with Gasteiger partial charge in [-0.15, -0.1) is 0 Å². The lowest BCUT2D eigenvalue weighted by Gasteiger charge is -2.03. The maximum absolute atomic E-state index is 5.86. The number of nitrogens with two attached hydrogens (primary N) is 1. The molecule has 0 unspecified atom stereocenters. The largest absolute Gasteiger partial charge is 0.487 e. The molecule has 0 spiro atoms. The molecule has 0 saturated carbocycles. The zero-order chi connectivity index (χ0) is 12.3. The first-order valence-corrected chi connectivity index (χ1v) is 5.77. The Labute approximate surface area is 105 Å². The fourth-order valence-corrected chi connectivity index (χ4v) is 1.71. The third-order valence-electron chi connectivity index (χ3n) is 2.34. The Hall–Kier alpha value is -1.68. The molecule has 0 radical (unpaired) electrons. The molecule has 4 nitrogen and oxygen atoms in total. The zero-order valence-electron chi connectivity index (χ0n) is 9.56. The Morgan fingerprint density at radius 2 is 2.24 bits per heavy atom. The van der Waals surface area contributed by atoms with Crippen molar-refractivity contribution < 1.29 is 4.74 Å². The van der Waals surface area contributed by atoms with Crippen molar-refractivity contribution in [2.45, 2.75) is 20.1 Å². The molecule has 2 aromatic rings. The highest BCUT2D eigenvalue weighted by molar-refractivity contribution is 6.30. The fourth-order valence-electron chi connectivity index (χ4n) is 1.52. The first-order chi connectivity index (χ1) is 8.19. The predicted octanol–water partition coefficient (Wildman–Crippen LogP) is 2.72. The highest BCUT2D eigenvalue weighted by Gasteiger charge is 2.04. The van der Waals surface area contributed by atoms with Crippen molar-refractivity contribution in [1.82, 2.24) is 9.78 Å². The number of rotatable bonds is 4. The fraction of sp³-hybridized carbons (Fsp3) is 0.250. The molecule has 90 valence electrons. The minimum absolute atomic E-state index is 0.386. The summed E-state index contributed by atoms with van der Waals surface area (Å²) < 4.78 is 7.30. The van der Waals surface area contributed by atoms with E-state index in [-0.39, 0.29) is 0 Å². The number of hydrogen-bond acceptors (Lipinski definition) is 3. The van der Waals surface area contributed by atoms with Crippen LogP contribution in [0.3, 0.4) is 0 Å². The molecule has 17 heavy (non-hydrogen) atoms. The number of halogens is 1. The Morgan fingerprint density at radius 1 is 1.41 bits per heavy atom. The van der Waals surface area contributed by atoms with Crippen molar-refractivity contribution in [3.05, 3.63) is 41.0 Å². The second-order valence-corrected chi connectivity index (χ2v) is 4.06. The van der Waals surface area contributed by atoms with E-state index in [0.717, 1.165) is 18.0 Å². The summed E-state index contributed by atoms with van der Waals surface area (Å²) >= 11 is 5.86. The van der Waals surface area contributed by atoms with Crippen LogP contribution in [0.1, 0.15) is 12.6 Å². The average Bonchev–Trinajstić information content (AvgIpc) is 2.67. The molecule has 1 heterocycles. The van der Waals surface area contributed by atoms with E-state index in [2.05, 4.69) is 5.10 Å². The van der Waals surface area contributed by atoms with E-state index in [1.54, 1.807) is 16.8 Å². The standard InChI is InChI=1S/C12H14ClN3O/c1-2-16-12(14)7-10(15-16)8-17-11-5-3-4-9(13)6-11/h3-7H,2,8,14H2,1H3. The molecule has 0 saturated heterocycles. The number of nitrogens with zero attached hydrogens (tertiary/aromatic N) is 2. The van der Waals surface area contributed by atoms with Crippen LogP contribution in [0.4, 0.5) is 5.82 Å². The lowest BCUT2D eigenvalue weighted by atomic mass is 10.3. The summed E-state index contributed by atoms with van der Waals surface area (Å²) in [6.07, 6.45) is 0. The van der Waals surface area contributed by atoms with Gasteiger partial charge in [0, 0.05) is 17.6 Å². The van der Waals surface area contributed by atoms with Crippen molar-refractivity contribution in [2.24, 2.45) is 0 Å². The van der Waals surface area contributed by atoms with Crippen LogP contribution in [-0.2, 0) is 13.2 Å². The van der Waals surface area contributed by atoms with E-state index in [1.165, 1.54) is 0 Å². The van der Waals surface area contributed by atoms with Gasteiger partial charge >= 0.3 is 0 Å². The summed E-state index contributed by atoms with van der Waals surface area (Å²) in [5, 5.41) is 4.95. The van der Waals surface area contributed by atoms with Crippen molar-refractivity contribution in [3.63, 3.8) is 0 Å². The third kappa shape index (κ3) is 2.91. The first kappa shape index (κ1) is 11.8. The van der Waals surface area contributed by atoms with Gasteiger partial charge in [0.1, 0.15) is 23.9 Å². The van der Waals surface area contributed by atoms with E-state index in [0.29, 0.717) is 17.4 Å².